The quantitative estimate of drug-likeness (QED) is 0.709. The number of nitrogens with one attached hydrogen (secondary N) is 1. The van der Waals surface area contributed by atoms with Crippen LogP contribution in [0.2, 0.25) is 0 Å². The summed E-state index contributed by atoms with van der Waals surface area (Å²) in [5.74, 6) is 1.07. The van der Waals surface area contributed by atoms with E-state index >= 15 is 0 Å². The molecule has 0 radical (unpaired) electrons. The normalized spacial score (nSPS) is 11.9. The molecule has 0 amide bonds. The number of rotatable bonds is 6. The SMILES string of the molecule is COc1ccc(-c2ccc(C(CC(C)=O)c3ccccc3)[nH]2)cc1. The van der Waals surface area contributed by atoms with Gasteiger partial charge in [-0.2, -0.15) is 0 Å². The molecule has 1 atom stereocenters. The van der Waals surface area contributed by atoms with E-state index in [2.05, 4.69) is 29.2 Å². The number of hydrogen-bond acceptors (Lipinski definition) is 2. The predicted molar refractivity (Wildman–Crippen MR) is 96.4 cm³/mol. The van der Waals surface area contributed by atoms with Crippen LogP contribution in [0.4, 0.5) is 0 Å². The van der Waals surface area contributed by atoms with E-state index in [1.807, 2.05) is 42.5 Å². The van der Waals surface area contributed by atoms with Gasteiger partial charge in [-0.05, 0) is 54.4 Å². The van der Waals surface area contributed by atoms with Crippen molar-refractivity contribution in [3.8, 4) is 17.0 Å². The zero-order chi connectivity index (χ0) is 16.9. The highest BCUT2D eigenvalue weighted by molar-refractivity contribution is 5.77. The van der Waals surface area contributed by atoms with Crippen molar-refractivity contribution in [2.75, 3.05) is 7.11 Å². The van der Waals surface area contributed by atoms with Gasteiger partial charge < -0.3 is 9.72 Å². The number of benzene rings is 2. The van der Waals surface area contributed by atoms with Crippen LogP contribution in [-0.4, -0.2) is 17.9 Å². The second-order valence-electron chi connectivity index (χ2n) is 5.93. The molecule has 3 aromatic rings. The number of H-pyrrole nitrogens is 1. The third-order valence-corrected chi connectivity index (χ3v) is 4.18. The molecule has 1 heterocycles. The third-order valence-electron chi connectivity index (χ3n) is 4.18. The smallest absolute Gasteiger partial charge is 0.130 e. The fourth-order valence-electron chi connectivity index (χ4n) is 2.93. The maximum atomic E-state index is 11.7. The molecule has 0 spiro atoms. The summed E-state index contributed by atoms with van der Waals surface area (Å²) in [7, 11) is 1.66. The lowest BCUT2D eigenvalue weighted by molar-refractivity contribution is -0.117. The van der Waals surface area contributed by atoms with Crippen molar-refractivity contribution in [1.29, 1.82) is 0 Å². The van der Waals surface area contributed by atoms with Gasteiger partial charge in [-0.1, -0.05) is 30.3 Å². The zero-order valence-electron chi connectivity index (χ0n) is 14.0. The fourth-order valence-corrected chi connectivity index (χ4v) is 2.93. The van der Waals surface area contributed by atoms with Crippen LogP contribution in [0.25, 0.3) is 11.3 Å². The number of methoxy groups -OCH3 is 1. The molecule has 0 aliphatic rings. The summed E-state index contributed by atoms with van der Waals surface area (Å²) in [5, 5.41) is 0. The molecule has 3 nitrogen and oxygen atoms in total. The van der Waals surface area contributed by atoms with Gasteiger partial charge in [0, 0.05) is 23.7 Å². The van der Waals surface area contributed by atoms with Gasteiger partial charge in [0.15, 0.2) is 0 Å². The molecule has 3 heteroatoms. The first-order valence-corrected chi connectivity index (χ1v) is 8.05. The molecule has 0 fully saturated rings. The summed E-state index contributed by atoms with van der Waals surface area (Å²) in [6.45, 7) is 1.64. The van der Waals surface area contributed by atoms with Gasteiger partial charge in [0.1, 0.15) is 11.5 Å². The minimum Gasteiger partial charge on any atom is -0.497 e. The van der Waals surface area contributed by atoms with Crippen LogP contribution in [0.5, 0.6) is 5.75 Å². The van der Waals surface area contributed by atoms with Crippen molar-refractivity contribution in [3.05, 3.63) is 78.0 Å². The Morgan fingerprint density at radius 2 is 1.71 bits per heavy atom. The first-order valence-electron chi connectivity index (χ1n) is 8.05. The summed E-state index contributed by atoms with van der Waals surface area (Å²) in [4.78, 5) is 15.2. The van der Waals surface area contributed by atoms with Crippen LogP contribution in [-0.2, 0) is 4.79 Å². The molecular formula is C21H21NO2. The number of carbonyl (C=O) groups is 1. The van der Waals surface area contributed by atoms with E-state index < -0.39 is 0 Å². The Balaban J connectivity index is 1.92. The Labute approximate surface area is 142 Å². The first-order chi connectivity index (χ1) is 11.7. The number of ketones is 1. The molecule has 2 aromatic carbocycles. The lowest BCUT2D eigenvalue weighted by Gasteiger charge is -2.15. The van der Waals surface area contributed by atoms with Gasteiger partial charge >= 0.3 is 0 Å². The van der Waals surface area contributed by atoms with Crippen LogP contribution >= 0.6 is 0 Å². The van der Waals surface area contributed by atoms with E-state index in [0.717, 1.165) is 28.3 Å². The summed E-state index contributed by atoms with van der Waals surface area (Å²) in [5.41, 5.74) is 4.34. The zero-order valence-corrected chi connectivity index (χ0v) is 14.0. The Morgan fingerprint density at radius 1 is 1.00 bits per heavy atom. The van der Waals surface area contributed by atoms with E-state index in [-0.39, 0.29) is 11.7 Å². The van der Waals surface area contributed by atoms with Gasteiger partial charge in [-0.25, -0.2) is 0 Å². The fraction of sp³-hybridized carbons (Fsp3) is 0.190. The number of ether oxygens (including phenoxy) is 1. The Kier molecular flexibility index (Phi) is 4.80. The number of hydrogen-bond donors (Lipinski definition) is 1. The van der Waals surface area contributed by atoms with Crippen molar-refractivity contribution in [2.45, 2.75) is 19.3 Å². The number of carbonyl (C=O) groups excluding carboxylic acids is 1. The molecule has 0 saturated heterocycles. The van der Waals surface area contributed by atoms with E-state index in [1.54, 1.807) is 14.0 Å². The van der Waals surface area contributed by atoms with Crippen molar-refractivity contribution in [2.24, 2.45) is 0 Å². The number of aromatic nitrogens is 1. The predicted octanol–water partition coefficient (Wildman–Crippen LogP) is 4.80. The topological polar surface area (TPSA) is 42.1 Å². The lowest BCUT2D eigenvalue weighted by Crippen LogP contribution is -2.06. The van der Waals surface area contributed by atoms with E-state index in [1.165, 1.54) is 0 Å². The minimum atomic E-state index is 0.0516. The molecule has 0 saturated carbocycles. The highest BCUT2D eigenvalue weighted by Crippen LogP contribution is 2.30. The minimum absolute atomic E-state index is 0.0516. The van der Waals surface area contributed by atoms with Gasteiger partial charge in [-0.3, -0.25) is 4.79 Å². The van der Waals surface area contributed by atoms with E-state index in [4.69, 9.17) is 4.74 Å². The second kappa shape index (κ2) is 7.18. The van der Waals surface area contributed by atoms with Crippen molar-refractivity contribution in [1.82, 2.24) is 4.98 Å². The van der Waals surface area contributed by atoms with Crippen molar-refractivity contribution < 1.29 is 9.53 Å². The maximum Gasteiger partial charge on any atom is 0.130 e. The largest absolute Gasteiger partial charge is 0.497 e. The highest BCUT2D eigenvalue weighted by atomic mass is 16.5. The molecule has 122 valence electrons. The molecule has 1 N–H and O–H groups in total. The second-order valence-corrected chi connectivity index (χ2v) is 5.93. The molecule has 0 aliphatic carbocycles. The standard InChI is InChI=1S/C21H21NO2/c1-15(23)14-19(16-6-4-3-5-7-16)21-13-12-20(22-21)17-8-10-18(24-2)11-9-17/h3-13,19,22H,14H2,1-2H3. The Hall–Kier alpha value is -2.81. The van der Waals surface area contributed by atoms with Gasteiger partial charge in [0.25, 0.3) is 0 Å². The summed E-state index contributed by atoms with van der Waals surface area (Å²) >= 11 is 0. The average molecular weight is 319 g/mol. The number of aromatic amines is 1. The van der Waals surface area contributed by atoms with Gasteiger partial charge in [0.05, 0.1) is 7.11 Å². The molecule has 24 heavy (non-hydrogen) atoms. The average Bonchev–Trinajstić information content (AvgIpc) is 3.10. The number of Topliss-reactive ketones (excluding diaryl/α,β-unsaturated/α-hetero) is 1. The van der Waals surface area contributed by atoms with Crippen LogP contribution < -0.4 is 4.74 Å². The van der Waals surface area contributed by atoms with Gasteiger partial charge in [0.2, 0.25) is 0 Å². The Bertz CT molecular complexity index is 803. The first kappa shape index (κ1) is 16.1. The third kappa shape index (κ3) is 3.57. The van der Waals surface area contributed by atoms with Crippen LogP contribution in [0.15, 0.2) is 66.7 Å². The molecule has 1 unspecified atom stereocenters. The molecule has 0 aliphatic heterocycles. The molecule has 1 aromatic heterocycles. The van der Waals surface area contributed by atoms with Crippen LogP contribution in [0.1, 0.15) is 30.5 Å². The lowest BCUT2D eigenvalue weighted by atomic mass is 9.91. The van der Waals surface area contributed by atoms with Gasteiger partial charge in [-0.15, -0.1) is 0 Å². The molecule has 3 rings (SSSR count). The molecule has 0 bridgehead atoms. The monoisotopic (exact) mass is 319 g/mol. The maximum absolute atomic E-state index is 11.7. The molecular weight excluding hydrogens is 298 g/mol. The summed E-state index contributed by atoms with van der Waals surface area (Å²) in [6, 6.07) is 22.2. The highest BCUT2D eigenvalue weighted by Gasteiger charge is 2.18. The summed E-state index contributed by atoms with van der Waals surface area (Å²) in [6.07, 6.45) is 0.493. The Morgan fingerprint density at radius 3 is 2.33 bits per heavy atom. The van der Waals surface area contributed by atoms with Crippen molar-refractivity contribution >= 4 is 5.78 Å². The van der Waals surface area contributed by atoms with Crippen molar-refractivity contribution in [3.63, 3.8) is 0 Å². The van der Waals surface area contributed by atoms with Crippen LogP contribution in [0.3, 0.4) is 0 Å². The van der Waals surface area contributed by atoms with Crippen LogP contribution in [0, 0.1) is 0 Å². The van der Waals surface area contributed by atoms with E-state index in [9.17, 15) is 4.79 Å². The summed E-state index contributed by atoms with van der Waals surface area (Å²) < 4.78 is 5.20. The van der Waals surface area contributed by atoms with E-state index in [0.29, 0.717) is 6.42 Å².